The molecule has 2 aliphatic heterocycles. The summed E-state index contributed by atoms with van der Waals surface area (Å²) >= 11 is 0. The number of carbonyl (C=O) groups excluding carboxylic acids is 1. The van der Waals surface area contributed by atoms with Crippen LogP contribution in [0.5, 0.6) is 0 Å². The zero-order valence-corrected chi connectivity index (χ0v) is 25.5. The van der Waals surface area contributed by atoms with E-state index in [1.165, 1.54) is 96.2 Å². The average molecular weight is 588 g/mol. The van der Waals surface area contributed by atoms with Crippen LogP contribution in [0.1, 0.15) is 110 Å². The molecule has 1 amide bonds. The van der Waals surface area contributed by atoms with Gasteiger partial charge < -0.3 is 29.5 Å². The minimum atomic E-state index is -3.86. The van der Waals surface area contributed by atoms with Crippen LogP contribution < -0.4 is 11.1 Å². The summed E-state index contributed by atoms with van der Waals surface area (Å²) in [5, 5.41) is 2.44. The van der Waals surface area contributed by atoms with E-state index in [0.717, 1.165) is 12.8 Å². The number of ether oxygens (including phenoxy) is 2. The molecule has 0 aromatic rings. The summed E-state index contributed by atoms with van der Waals surface area (Å²) in [7, 11) is -3.86. The van der Waals surface area contributed by atoms with Gasteiger partial charge in [0.25, 0.3) is 5.91 Å². The molecule has 0 spiro atoms. The van der Waals surface area contributed by atoms with Gasteiger partial charge in [-0.1, -0.05) is 103 Å². The molecular formula is C28H54N5O6P. The van der Waals surface area contributed by atoms with Gasteiger partial charge in [-0.05, 0) is 6.42 Å². The highest BCUT2D eigenvalue weighted by molar-refractivity contribution is 7.52. The number of unbranched alkanes of at least 4 members (excludes halogenated alkanes) is 15. The summed E-state index contributed by atoms with van der Waals surface area (Å²) in [6.45, 7) is 3.72. The first-order valence-electron chi connectivity index (χ1n) is 15.5. The number of hydrogen-bond donors (Lipinski definition) is 3. The van der Waals surface area contributed by atoms with Gasteiger partial charge in [-0.25, -0.2) is 4.99 Å². The monoisotopic (exact) mass is 587 g/mol. The smallest absolute Gasteiger partial charge is 0.353 e. The van der Waals surface area contributed by atoms with Crippen LogP contribution in [0.15, 0.2) is 9.98 Å². The minimum absolute atomic E-state index is 0.0433. The third kappa shape index (κ3) is 15.5. The van der Waals surface area contributed by atoms with Crippen LogP contribution in [0.25, 0.3) is 0 Å². The first-order valence-corrected chi connectivity index (χ1v) is 17.2. The molecule has 2 rings (SSSR count). The molecule has 0 bridgehead atoms. The summed E-state index contributed by atoms with van der Waals surface area (Å²) in [5.74, 6) is -0.254. The molecule has 0 saturated heterocycles. The van der Waals surface area contributed by atoms with Crippen molar-refractivity contribution < 1.29 is 28.3 Å². The van der Waals surface area contributed by atoms with Crippen molar-refractivity contribution in [1.29, 1.82) is 0 Å². The van der Waals surface area contributed by atoms with E-state index in [0.29, 0.717) is 13.2 Å². The van der Waals surface area contributed by atoms with Crippen molar-refractivity contribution in [2.75, 3.05) is 39.3 Å². The zero-order chi connectivity index (χ0) is 28.9. The molecular weight excluding hydrogens is 533 g/mol. The predicted molar refractivity (Wildman–Crippen MR) is 160 cm³/mol. The van der Waals surface area contributed by atoms with Gasteiger partial charge >= 0.3 is 7.60 Å². The first-order chi connectivity index (χ1) is 19.4. The SMILES string of the molecule is CCCCCCCCCCCCCCCCCCOCCOP(=O)(O)COCCN1C=NC2C(=O)NC(N)=NC21. The maximum absolute atomic E-state index is 12.1. The number of rotatable bonds is 26. The van der Waals surface area contributed by atoms with Crippen molar-refractivity contribution in [3.63, 3.8) is 0 Å². The van der Waals surface area contributed by atoms with Crippen LogP contribution in [-0.4, -0.2) is 79.5 Å². The van der Waals surface area contributed by atoms with Crippen molar-refractivity contribution >= 4 is 25.8 Å². The Kier molecular flexibility index (Phi) is 18.4. The minimum Gasteiger partial charge on any atom is -0.379 e. The van der Waals surface area contributed by atoms with Crippen molar-refractivity contribution in [3.05, 3.63) is 0 Å². The van der Waals surface area contributed by atoms with Gasteiger partial charge in [0.2, 0.25) is 0 Å². The molecule has 0 aliphatic carbocycles. The molecule has 2 heterocycles. The summed E-state index contributed by atoms with van der Waals surface area (Å²) in [6.07, 6.45) is 21.9. The van der Waals surface area contributed by atoms with E-state index in [9.17, 15) is 14.3 Å². The molecule has 0 aromatic carbocycles. The lowest BCUT2D eigenvalue weighted by molar-refractivity contribution is -0.122. The summed E-state index contributed by atoms with van der Waals surface area (Å²) < 4.78 is 28.1. The molecule has 11 nitrogen and oxygen atoms in total. The molecule has 0 fully saturated rings. The fraction of sp³-hybridized carbons (Fsp3) is 0.893. The predicted octanol–water partition coefficient (Wildman–Crippen LogP) is 4.92. The highest BCUT2D eigenvalue weighted by atomic mass is 31.2. The normalized spacial score (nSPS) is 19.9. The average Bonchev–Trinajstić information content (AvgIpc) is 3.33. The second-order valence-corrected chi connectivity index (χ2v) is 12.6. The number of nitrogens with zero attached hydrogens (tertiary/aromatic N) is 3. The molecule has 0 aromatic heterocycles. The van der Waals surface area contributed by atoms with Gasteiger partial charge in [0, 0.05) is 13.2 Å². The Bertz CT molecular complexity index is 799. The van der Waals surface area contributed by atoms with Crippen molar-refractivity contribution in [3.8, 4) is 0 Å². The van der Waals surface area contributed by atoms with E-state index in [1.54, 1.807) is 4.90 Å². The molecule has 0 radical (unpaired) electrons. The van der Waals surface area contributed by atoms with E-state index in [-0.39, 0.29) is 31.7 Å². The van der Waals surface area contributed by atoms with Crippen LogP contribution in [0.4, 0.5) is 0 Å². The number of nitrogens with two attached hydrogens (primary N) is 1. The van der Waals surface area contributed by atoms with Gasteiger partial charge in [0.05, 0.1) is 26.2 Å². The summed E-state index contributed by atoms with van der Waals surface area (Å²) in [6, 6.07) is -0.640. The number of nitrogens with one attached hydrogen (secondary N) is 1. The molecule has 12 heteroatoms. The van der Waals surface area contributed by atoms with Crippen molar-refractivity contribution in [2.24, 2.45) is 15.7 Å². The molecule has 3 unspecified atom stereocenters. The van der Waals surface area contributed by atoms with Crippen LogP contribution in [0.2, 0.25) is 0 Å². The number of carbonyl (C=O) groups is 1. The third-order valence-corrected chi connectivity index (χ3v) is 8.30. The maximum Gasteiger partial charge on any atom is 0.353 e. The Morgan fingerprint density at radius 2 is 1.45 bits per heavy atom. The second-order valence-electron chi connectivity index (χ2n) is 10.8. The quantitative estimate of drug-likeness (QED) is 0.0954. The van der Waals surface area contributed by atoms with Crippen LogP contribution in [-0.2, 0) is 23.4 Å². The lowest BCUT2D eigenvalue weighted by Crippen LogP contribution is -2.54. The molecule has 2 aliphatic rings. The Balaban J connectivity index is 1.32. The fourth-order valence-electron chi connectivity index (χ4n) is 4.88. The Morgan fingerprint density at radius 3 is 2.05 bits per heavy atom. The Hall–Kier alpha value is -1.52. The van der Waals surface area contributed by atoms with Gasteiger partial charge in [-0.3, -0.25) is 19.7 Å². The number of guanidine groups is 1. The summed E-state index contributed by atoms with van der Waals surface area (Å²) in [5.41, 5.74) is 5.61. The number of amides is 1. The highest BCUT2D eigenvalue weighted by Crippen LogP contribution is 2.41. The standard InChI is InChI=1S/C28H54N5O6P/c1-2-3-4-5-6-7-8-9-10-11-12-13-14-15-16-17-19-37-21-22-39-40(35,36)24-38-20-18-33-23-30-25-26(33)31-28(29)32-27(25)34/h23,25-26H,2-22,24H2,1H3,(H,35,36)(H3,29,31,32,34). The largest absolute Gasteiger partial charge is 0.379 e. The Labute approximate surface area is 241 Å². The number of hydrogen-bond acceptors (Lipinski definition) is 9. The van der Waals surface area contributed by atoms with E-state index in [1.807, 2.05) is 0 Å². The van der Waals surface area contributed by atoms with Crippen molar-refractivity contribution in [1.82, 2.24) is 10.2 Å². The maximum atomic E-state index is 12.1. The first kappa shape index (κ1) is 34.7. The van der Waals surface area contributed by atoms with E-state index < -0.39 is 26.2 Å². The highest BCUT2D eigenvalue weighted by Gasteiger charge is 2.39. The van der Waals surface area contributed by atoms with Gasteiger partial charge in [-0.15, -0.1) is 0 Å². The third-order valence-electron chi connectivity index (χ3n) is 7.20. The van der Waals surface area contributed by atoms with Crippen LogP contribution >= 0.6 is 7.60 Å². The van der Waals surface area contributed by atoms with Gasteiger partial charge in [-0.2, -0.15) is 0 Å². The number of fused-ring (bicyclic) bond motifs is 1. The van der Waals surface area contributed by atoms with Gasteiger partial charge in [0.15, 0.2) is 18.2 Å². The molecule has 232 valence electrons. The summed E-state index contributed by atoms with van der Waals surface area (Å²) in [4.78, 5) is 31.8. The Morgan fingerprint density at radius 1 is 0.875 bits per heavy atom. The van der Waals surface area contributed by atoms with Gasteiger partial charge in [0.1, 0.15) is 6.35 Å². The molecule has 4 N–H and O–H groups in total. The zero-order valence-electron chi connectivity index (χ0n) is 24.6. The van der Waals surface area contributed by atoms with E-state index >= 15 is 0 Å². The topological polar surface area (TPSA) is 148 Å². The lowest BCUT2D eigenvalue weighted by Gasteiger charge is -2.27. The second kappa shape index (κ2) is 21.2. The number of aliphatic imine (C=N–C) groups is 2. The molecule has 3 atom stereocenters. The van der Waals surface area contributed by atoms with Crippen LogP contribution in [0.3, 0.4) is 0 Å². The van der Waals surface area contributed by atoms with Crippen LogP contribution in [0, 0.1) is 0 Å². The molecule has 0 saturated carbocycles. The van der Waals surface area contributed by atoms with E-state index in [2.05, 4.69) is 22.2 Å². The fourth-order valence-corrected chi connectivity index (χ4v) is 5.67. The van der Waals surface area contributed by atoms with Crippen molar-refractivity contribution in [2.45, 2.75) is 122 Å². The van der Waals surface area contributed by atoms with E-state index in [4.69, 9.17) is 19.7 Å². The molecule has 40 heavy (non-hydrogen) atoms. The lowest BCUT2D eigenvalue weighted by atomic mass is 10.0.